The molecule has 3 N–H and O–H groups in total. The second-order valence-electron chi connectivity index (χ2n) is 4.74. The van der Waals surface area contributed by atoms with E-state index < -0.39 is 24.6 Å². The molecule has 1 aromatic heterocycles. The second kappa shape index (κ2) is 7.23. The second-order valence-corrected chi connectivity index (χ2v) is 5.66. The fourth-order valence-electron chi connectivity index (χ4n) is 1.76. The third kappa shape index (κ3) is 4.95. The Kier molecular flexibility index (Phi) is 5.29. The van der Waals surface area contributed by atoms with E-state index >= 15 is 0 Å². The van der Waals surface area contributed by atoms with Crippen LogP contribution >= 0.6 is 11.3 Å². The Morgan fingerprint density at radius 3 is 2.60 bits per heavy atom. The number of nitrogens with zero attached hydrogens (tertiary/aromatic N) is 1. The lowest BCUT2D eigenvalue weighted by Gasteiger charge is -2.11. The number of nitriles is 1. The number of nitrogens with one attached hydrogen (secondary N) is 1. The molecule has 0 atom stereocenters. The lowest BCUT2D eigenvalue weighted by molar-refractivity contribution is -0.153. The highest BCUT2D eigenvalue weighted by atomic mass is 32.1. The Bertz CT molecular complexity index is 856. The molecule has 2 amide bonds. The molecule has 0 aliphatic rings. The van der Waals surface area contributed by atoms with Crippen molar-refractivity contribution in [1.29, 1.82) is 5.26 Å². The predicted octanol–water partition coefficient (Wildman–Crippen LogP) is 2.91. The smallest absolute Gasteiger partial charge is 0.422 e. The number of benzene rings is 1. The van der Waals surface area contributed by atoms with E-state index in [1.165, 1.54) is 23.6 Å². The minimum Gasteiger partial charge on any atom is -0.483 e. The van der Waals surface area contributed by atoms with E-state index in [1.54, 1.807) is 6.07 Å². The number of nitrogens with two attached hydrogens (primary N) is 1. The maximum atomic E-state index is 12.2. The number of alkyl halides is 3. The summed E-state index contributed by atoms with van der Waals surface area (Å²) in [5.74, 6) is -1.47. The highest BCUT2D eigenvalue weighted by Crippen LogP contribution is 2.25. The highest BCUT2D eigenvalue weighted by molar-refractivity contribution is 7.12. The van der Waals surface area contributed by atoms with Gasteiger partial charge in [0.1, 0.15) is 11.8 Å². The van der Waals surface area contributed by atoms with Crippen molar-refractivity contribution < 1.29 is 27.5 Å². The summed E-state index contributed by atoms with van der Waals surface area (Å²) in [6.45, 7) is -1.53. The minimum absolute atomic E-state index is 0.161. The summed E-state index contributed by atoms with van der Waals surface area (Å²) in [6, 6.07) is 6.66. The van der Waals surface area contributed by atoms with Crippen molar-refractivity contribution >= 4 is 28.8 Å². The molecule has 2 rings (SSSR count). The first-order valence-electron chi connectivity index (χ1n) is 6.63. The van der Waals surface area contributed by atoms with Crippen molar-refractivity contribution in [2.75, 3.05) is 11.9 Å². The number of thiophene rings is 1. The number of carbonyl (C=O) groups excluding carboxylic acids is 2. The van der Waals surface area contributed by atoms with Crippen LogP contribution in [0.1, 0.15) is 25.6 Å². The molecule has 0 aliphatic carbocycles. The number of primary amides is 1. The van der Waals surface area contributed by atoms with Crippen molar-refractivity contribution in [3.8, 4) is 11.8 Å². The van der Waals surface area contributed by atoms with Gasteiger partial charge in [-0.3, -0.25) is 9.59 Å². The number of anilines is 1. The number of halogens is 3. The molecular formula is C15H10F3N3O3S. The maximum absolute atomic E-state index is 12.2. The zero-order valence-corrected chi connectivity index (χ0v) is 13.2. The molecular weight excluding hydrogens is 359 g/mol. The van der Waals surface area contributed by atoms with Gasteiger partial charge in [0.15, 0.2) is 6.61 Å². The van der Waals surface area contributed by atoms with E-state index in [4.69, 9.17) is 11.0 Å². The zero-order chi connectivity index (χ0) is 18.6. The van der Waals surface area contributed by atoms with Crippen LogP contribution in [0, 0.1) is 11.3 Å². The first-order valence-corrected chi connectivity index (χ1v) is 7.51. The van der Waals surface area contributed by atoms with Crippen LogP contribution in [0.15, 0.2) is 29.6 Å². The van der Waals surface area contributed by atoms with E-state index in [1.807, 2.05) is 0 Å². The van der Waals surface area contributed by atoms with E-state index in [0.29, 0.717) is 0 Å². The summed E-state index contributed by atoms with van der Waals surface area (Å²) >= 11 is 1.00. The van der Waals surface area contributed by atoms with Crippen LogP contribution in [0.4, 0.5) is 18.9 Å². The molecule has 0 radical (unpaired) electrons. The van der Waals surface area contributed by atoms with Gasteiger partial charge < -0.3 is 15.8 Å². The summed E-state index contributed by atoms with van der Waals surface area (Å²) in [5.41, 5.74) is 5.31. The topological polar surface area (TPSA) is 105 Å². The lowest BCUT2D eigenvalue weighted by Crippen LogP contribution is -2.19. The predicted molar refractivity (Wildman–Crippen MR) is 83.5 cm³/mol. The molecule has 10 heteroatoms. The molecule has 6 nitrogen and oxygen atoms in total. The van der Waals surface area contributed by atoms with E-state index in [0.717, 1.165) is 17.4 Å². The maximum Gasteiger partial charge on any atom is 0.422 e. The monoisotopic (exact) mass is 369 g/mol. The third-order valence-corrected chi connectivity index (χ3v) is 3.79. The van der Waals surface area contributed by atoms with Crippen molar-refractivity contribution in [2.45, 2.75) is 6.18 Å². The van der Waals surface area contributed by atoms with Gasteiger partial charge in [0.2, 0.25) is 5.91 Å². The van der Waals surface area contributed by atoms with Gasteiger partial charge >= 0.3 is 6.18 Å². The van der Waals surface area contributed by atoms with Crippen LogP contribution in [0.25, 0.3) is 0 Å². The van der Waals surface area contributed by atoms with Gasteiger partial charge in [-0.2, -0.15) is 18.4 Å². The van der Waals surface area contributed by atoms with Gasteiger partial charge in [0, 0.05) is 11.1 Å². The van der Waals surface area contributed by atoms with Crippen molar-refractivity contribution in [1.82, 2.24) is 0 Å². The molecule has 1 heterocycles. The fraction of sp³-hybridized carbons (Fsp3) is 0.133. The Hall–Kier alpha value is -3.06. The molecule has 0 bridgehead atoms. The molecule has 0 aliphatic heterocycles. The minimum atomic E-state index is -4.53. The number of carbonyl (C=O) groups is 2. The molecule has 130 valence electrons. The van der Waals surface area contributed by atoms with E-state index in [-0.39, 0.29) is 27.4 Å². The Balaban J connectivity index is 2.13. The number of amides is 2. The SMILES string of the molecule is N#Cc1cc(NC(=O)c2cc(C(N)=O)cs2)ccc1OCC(F)(F)F. The van der Waals surface area contributed by atoms with Crippen molar-refractivity contribution in [3.05, 3.63) is 45.6 Å². The Morgan fingerprint density at radius 2 is 2.04 bits per heavy atom. The highest BCUT2D eigenvalue weighted by Gasteiger charge is 2.28. The van der Waals surface area contributed by atoms with Gasteiger partial charge in [0.05, 0.1) is 16.0 Å². The zero-order valence-electron chi connectivity index (χ0n) is 12.4. The molecule has 2 aromatic rings. The van der Waals surface area contributed by atoms with Gasteiger partial charge in [-0.1, -0.05) is 0 Å². The number of ether oxygens (including phenoxy) is 1. The molecule has 25 heavy (non-hydrogen) atoms. The summed E-state index contributed by atoms with van der Waals surface area (Å²) in [6.07, 6.45) is -4.53. The Labute approximate surface area is 143 Å². The van der Waals surface area contributed by atoms with Crippen LogP contribution in [0.3, 0.4) is 0 Å². The van der Waals surface area contributed by atoms with E-state index in [9.17, 15) is 22.8 Å². The average Bonchev–Trinajstić information content (AvgIpc) is 3.03. The normalized spacial score (nSPS) is 10.8. The van der Waals surface area contributed by atoms with Crippen LogP contribution in [0.2, 0.25) is 0 Å². The number of rotatable bonds is 5. The van der Waals surface area contributed by atoms with Crippen molar-refractivity contribution in [3.63, 3.8) is 0 Å². The largest absolute Gasteiger partial charge is 0.483 e. The molecule has 0 saturated carbocycles. The molecule has 1 aromatic carbocycles. The van der Waals surface area contributed by atoms with Crippen LogP contribution in [-0.2, 0) is 0 Å². The van der Waals surface area contributed by atoms with Gasteiger partial charge in [-0.25, -0.2) is 0 Å². The average molecular weight is 369 g/mol. The number of hydrogen-bond acceptors (Lipinski definition) is 5. The van der Waals surface area contributed by atoms with Crippen molar-refractivity contribution in [2.24, 2.45) is 5.73 Å². The van der Waals surface area contributed by atoms with Gasteiger partial charge in [-0.15, -0.1) is 11.3 Å². The third-order valence-electron chi connectivity index (χ3n) is 2.86. The van der Waals surface area contributed by atoms with Crippen LogP contribution in [0.5, 0.6) is 5.75 Å². The lowest BCUT2D eigenvalue weighted by atomic mass is 10.2. The molecule has 0 spiro atoms. The van der Waals surface area contributed by atoms with Gasteiger partial charge in [0.25, 0.3) is 5.91 Å². The van der Waals surface area contributed by atoms with Crippen LogP contribution in [-0.4, -0.2) is 24.6 Å². The summed E-state index contributed by atoms with van der Waals surface area (Å²) in [7, 11) is 0. The number of hydrogen-bond donors (Lipinski definition) is 2. The van der Waals surface area contributed by atoms with Crippen LogP contribution < -0.4 is 15.8 Å². The first-order chi connectivity index (χ1) is 11.7. The molecule has 0 unspecified atom stereocenters. The van der Waals surface area contributed by atoms with Gasteiger partial charge in [-0.05, 0) is 24.3 Å². The summed E-state index contributed by atoms with van der Waals surface area (Å²) < 4.78 is 41.1. The standard InChI is InChI=1S/C15H10F3N3O3S/c16-15(17,18)7-24-11-2-1-10(3-8(11)5-19)21-14(23)12-4-9(6-25-12)13(20)22/h1-4,6H,7H2,(H2,20,22)(H,21,23). The molecule has 0 saturated heterocycles. The first kappa shape index (κ1) is 18.3. The fourth-order valence-corrected chi connectivity index (χ4v) is 2.55. The summed E-state index contributed by atoms with van der Waals surface area (Å²) in [5, 5.41) is 12.9. The quantitative estimate of drug-likeness (QED) is 0.845. The Morgan fingerprint density at radius 1 is 1.32 bits per heavy atom. The summed E-state index contributed by atoms with van der Waals surface area (Å²) in [4.78, 5) is 23.3. The van der Waals surface area contributed by atoms with E-state index in [2.05, 4.69) is 10.1 Å². The molecule has 0 fully saturated rings.